The van der Waals surface area contributed by atoms with E-state index in [1.54, 1.807) is 0 Å². The molecule has 0 heterocycles. The molecule has 2 aromatic carbocycles. The summed E-state index contributed by atoms with van der Waals surface area (Å²) in [5, 5.41) is 12.1. The smallest absolute Gasteiger partial charge is 0.313 e. The largest absolute Gasteiger partial charge is 0.351 e. The Bertz CT molecular complexity index is 750. The number of hydrogen-bond donors (Lipinski definition) is 1. The average Bonchev–Trinajstić information content (AvgIpc) is 2.65. The first-order valence-corrected chi connectivity index (χ1v) is 11.5. The van der Waals surface area contributed by atoms with Crippen LogP contribution in [0.3, 0.4) is 0 Å². The summed E-state index contributed by atoms with van der Waals surface area (Å²) in [5.41, 5.74) is 0.581. The molecule has 0 saturated carbocycles. The van der Waals surface area contributed by atoms with E-state index in [1.165, 1.54) is 0 Å². The fourth-order valence-electron chi connectivity index (χ4n) is 3.00. The Morgan fingerprint density at radius 1 is 0.828 bits per heavy atom. The first-order chi connectivity index (χ1) is 13.4. The number of hydroxylamine groups is 2. The van der Waals surface area contributed by atoms with Crippen molar-refractivity contribution in [1.29, 1.82) is 0 Å². The third-order valence-electron chi connectivity index (χ3n) is 4.50. The van der Waals surface area contributed by atoms with Crippen molar-refractivity contribution in [3.05, 3.63) is 71.8 Å². The maximum Gasteiger partial charge on any atom is 0.351 e. The molecule has 29 heavy (non-hydrogen) atoms. The van der Waals surface area contributed by atoms with Crippen molar-refractivity contribution < 1.29 is 18.8 Å². The van der Waals surface area contributed by atoms with Crippen molar-refractivity contribution in [3.8, 4) is 0 Å². The Morgan fingerprint density at radius 2 is 1.21 bits per heavy atom. The van der Waals surface area contributed by atoms with Crippen LogP contribution in [-0.4, -0.2) is 21.6 Å². The van der Waals surface area contributed by atoms with Crippen LogP contribution in [0.4, 0.5) is 0 Å². The predicted molar refractivity (Wildman–Crippen MR) is 117 cm³/mol. The van der Waals surface area contributed by atoms with Gasteiger partial charge in [-0.25, -0.2) is 0 Å². The van der Waals surface area contributed by atoms with E-state index in [1.807, 2.05) is 102 Å². The predicted octanol–water partition coefficient (Wildman–Crippen LogP) is 6.48. The lowest BCUT2D eigenvalue weighted by atomic mass is 9.94. The van der Waals surface area contributed by atoms with E-state index >= 15 is 0 Å². The Hall–Kier alpha value is -1.49. The molecule has 0 aliphatic rings. The van der Waals surface area contributed by atoms with E-state index < -0.39 is 24.3 Å². The van der Waals surface area contributed by atoms with Gasteiger partial charge >= 0.3 is 7.60 Å². The lowest BCUT2D eigenvalue weighted by molar-refractivity contribution is -0.191. The van der Waals surface area contributed by atoms with Crippen LogP contribution in [0.25, 0.3) is 0 Å². The minimum absolute atomic E-state index is 0.136. The molecule has 0 spiro atoms. The van der Waals surface area contributed by atoms with Gasteiger partial charge in [-0.2, -0.15) is 5.06 Å². The topological polar surface area (TPSA) is 59.0 Å². The van der Waals surface area contributed by atoms with Gasteiger partial charge in [0, 0.05) is 5.54 Å². The molecule has 0 aliphatic carbocycles. The van der Waals surface area contributed by atoms with Crippen LogP contribution in [0.5, 0.6) is 0 Å². The molecule has 1 unspecified atom stereocenters. The van der Waals surface area contributed by atoms with Crippen LogP contribution in [0.15, 0.2) is 60.7 Å². The van der Waals surface area contributed by atoms with Crippen molar-refractivity contribution in [1.82, 2.24) is 5.06 Å². The van der Waals surface area contributed by atoms with E-state index in [-0.39, 0.29) is 13.2 Å². The fourth-order valence-corrected chi connectivity index (χ4v) is 5.58. The molecule has 0 fully saturated rings. The Balaban J connectivity index is 2.37. The molecule has 0 saturated heterocycles. The van der Waals surface area contributed by atoms with Crippen molar-refractivity contribution >= 4 is 7.60 Å². The molecule has 1 N–H and O–H groups in total. The molecule has 0 bridgehead atoms. The highest BCUT2D eigenvalue weighted by molar-refractivity contribution is 7.54. The zero-order chi connectivity index (χ0) is 21.7. The third-order valence-corrected chi connectivity index (χ3v) is 7.07. The van der Waals surface area contributed by atoms with Crippen LogP contribution in [0.2, 0.25) is 0 Å². The summed E-state index contributed by atoms with van der Waals surface area (Å²) in [6, 6.07) is 19.1. The lowest BCUT2D eigenvalue weighted by Gasteiger charge is -2.45. The standard InChI is InChI=1S/C23H34NO4P/c1-22(2,3)21(24(25)23(4,5)6)29(26,27-17-19-13-9-7-10-14-19)28-18-20-15-11-8-12-16-20/h7-16,21,25H,17-18H2,1-6H3. The second-order valence-corrected chi connectivity index (χ2v) is 11.4. The monoisotopic (exact) mass is 419 g/mol. The fraction of sp³-hybridized carbons (Fsp3) is 0.478. The lowest BCUT2D eigenvalue weighted by Crippen LogP contribution is -2.51. The molecule has 0 amide bonds. The van der Waals surface area contributed by atoms with E-state index in [9.17, 15) is 9.77 Å². The summed E-state index contributed by atoms with van der Waals surface area (Å²) < 4.78 is 26.1. The molecule has 0 aliphatic heterocycles. The van der Waals surface area contributed by atoms with Gasteiger partial charge in [-0.05, 0) is 37.3 Å². The molecule has 1 atom stereocenters. The summed E-state index contributed by atoms with van der Waals surface area (Å²) in [6.07, 6.45) is 0. The van der Waals surface area contributed by atoms with Crippen molar-refractivity contribution in [2.45, 2.75) is 66.1 Å². The van der Waals surface area contributed by atoms with Gasteiger partial charge < -0.3 is 14.3 Å². The van der Waals surface area contributed by atoms with Crippen molar-refractivity contribution in [3.63, 3.8) is 0 Å². The molecule has 2 aromatic rings. The van der Waals surface area contributed by atoms with Crippen LogP contribution in [-0.2, 0) is 26.8 Å². The Labute approximate surface area is 175 Å². The van der Waals surface area contributed by atoms with Crippen LogP contribution < -0.4 is 0 Å². The van der Waals surface area contributed by atoms with Gasteiger partial charge in [0.25, 0.3) is 0 Å². The van der Waals surface area contributed by atoms with Gasteiger partial charge in [-0.1, -0.05) is 81.4 Å². The van der Waals surface area contributed by atoms with Gasteiger partial charge in [0.05, 0.1) is 13.2 Å². The highest BCUT2D eigenvalue weighted by atomic mass is 31.2. The Morgan fingerprint density at radius 3 is 1.52 bits per heavy atom. The summed E-state index contributed by atoms with van der Waals surface area (Å²) in [7, 11) is -3.76. The average molecular weight is 420 g/mol. The SMILES string of the molecule is CC(C)(C)C(N(O)C(C)(C)C)P(=O)(OCc1ccccc1)OCc1ccccc1. The summed E-state index contributed by atoms with van der Waals surface area (Å²) >= 11 is 0. The minimum Gasteiger partial charge on any atom is -0.313 e. The second kappa shape index (κ2) is 9.55. The van der Waals surface area contributed by atoms with Gasteiger partial charge in [-0.15, -0.1) is 0 Å². The zero-order valence-corrected chi connectivity index (χ0v) is 19.2. The number of hydrogen-bond acceptors (Lipinski definition) is 5. The van der Waals surface area contributed by atoms with Gasteiger partial charge in [0.15, 0.2) is 0 Å². The molecule has 5 nitrogen and oxygen atoms in total. The van der Waals surface area contributed by atoms with E-state index in [0.29, 0.717) is 0 Å². The van der Waals surface area contributed by atoms with Gasteiger partial charge in [0.1, 0.15) is 5.78 Å². The van der Waals surface area contributed by atoms with Crippen molar-refractivity contribution in [2.24, 2.45) is 5.41 Å². The highest BCUT2D eigenvalue weighted by Crippen LogP contribution is 2.61. The third kappa shape index (κ3) is 6.77. The van der Waals surface area contributed by atoms with E-state index in [2.05, 4.69) is 0 Å². The molecular weight excluding hydrogens is 385 g/mol. The molecule has 6 heteroatoms. The summed E-state index contributed by atoms with van der Waals surface area (Å²) in [5.74, 6) is -0.845. The van der Waals surface area contributed by atoms with Crippen LogP contribution in [0.1, 0.15) is 52.7 Å². The first kappa shape index (κ1) is 23.8. The maximum atomic E-state index is 14.1. The summed E-state index contributed by atoms with van der Waals surface area (Å²) in [6.45, 7) is 11.7. The number of rotatable bonds is 8. The summed E-state index contributed by atoms with van der Waals surface area (Å²) in [4.78, 5) is 0. The number of nitrogens with zero attached hydrogens (tertiary/aromatic N) is 1. The van der Waals surface area contributed by atoms with E-state index in [4.69, 9.17) is 9.05 Å². The molecule has 0 aromatic heterocycles. The van der Waals surface area contributed by atoms with Gasteiger partial charge in [0.2, 0.25) is 0 Å². The van der Waals surface area contributed by atoms with E-state index in [0.717, 1.165) is 16.2 Å². The molecule has 2 rings (SSSR count). The highest BCUT2D eigenvalue weighted by Gasteiger charge is 2.50. The maximum absolute atomic E-state index is 14.1. The molecular formula is C23H34NO4P. The first-order valence-electron chi connectivity index (χ1n) is 9.88. The van der Waals surface area contributed by atoms with Crippen LogP contribution >= 0.6 is 7.60 Å². The van der Waals surface area contributed by atoms with Gasteiger partial charge in [-0.3, -0.25) is 4.57 Å². The number of benzene rings is 2. The normalized spacial score (nSPS) is 14.2. The Kier molecular flexibility index (Phi) is 7.83. The minimum atomic E-state index is -3.76. The van der Waals surface area contributed by atoms with Crippen molar-refractivity contribution in [2.75, 3.05) is 0 Å². The molecule has 0 radical (unpaired) electrons. The zero-order valence-electron chi connectivity index (χ0n) is 18.3. The molecule has 160 valence electrons. The quantitative estimate of drug-likeness (QED) is 0.392. The van der Waals surface area contributed by atoms with Crippen LogP contribution in [0, 0.1) is 5.41 Å². The second-order valence-electron chi connectivity index (χ2n) is 9.31.